The number of aromatic nitrogens is 4. The lowest BCUT2D eigenvalue weighted by Crippen LogP contribution is -2.04. The molecule has 27 heavy (non-hydrogen) atoms. The van der Waals surface area contributed by atoms with Gasteiger partial charge in [0.05, 0.1) is 17.5 Å². The zero-order valence-corrected chi connectivity index (χ0v) is 14.5. The highest BCUT2D eigenvalue weighted by molar-refractivity contribution is 7.98. The molecule has 0 saturated carbocycles. The van der Waals surface area contributed by atoms with Crippen molar-refractivity contribution >= 4 is 22.5 Å². The Kier molecular flexibility index (Phi) is 4.53. The summed E-state index contributed by atoms with van der Waals surface area (Å²) in [5, 5.41) is 14.5. The van der Waals surface area contributed by atoms with Gasteiger partial charge in [-0.25, -0.2) is 0 Å². The number of alkyl halides is 3. The SMILES string of the molecule is FC(F)(F)c1cccc(-c2noc(CSc3nncc4ccccc34)n2)c1. The van der Waals surface area contributed by atoms with Crippen LogP contribution in [0.15, 0.2) is 64.3 Å². The minimum absolute atomic E-state index is 0.112. The van der Waals surface area contributed by atoms with Gasteiger partial charge in [0.2, 0.25) is 11.7 Å². The van der Waals surface area contributed by atoms with Crippen LogP contribution in [0.5, 0.6) is 0 Å². The first-order valence-corrected chi connectivity index (χ1v) is 8.83. The van der Waals surface area contributed by atoms with Crippen molar-refractivity contribution in [2.24, 2.45) is 0 Å². The van der Waals surface area contributed by atoms with Crippen molar-refractivity contribution in [2.45, 2.75) is 17.0 Å². The fourth-order valence-corrected chi connectivity index (χ4v) is 3.33. The van der Waals surface area contributed by atoms with E-state index in [4.69, 9.17) is 4.52 Å². The van der Waals surface area contributed by atoms with Crippen molar-refractivity contribution in [1.29, 1.82) is 0 Å². The molecule has 4 rings (SSSR count). The Labute approximate surface area is 155 Å². The number of hydrogen-bond acceptors (Lipinski definition) is 6. The zero-order valence-electron chi connectivity index (χ0n) is 13.6. The summed E-state index contributed by atoms with van der Waals surface area (Å²) >= 11 is 1.37. The van der Waals surface area contributed by atoms with Crippen molar-refractivity contribution in [2.75, 3.05) is 0 Å². The molecule has 5 nitrogen and oxygen atoms in total. The van der Waals surface area contributed by atoms with E-state index in [-0.39, 0.29) is 11.4 Å². The Hall–Kier alpha value is -2.94. The van der Waals surface area contributed by atoms with Crippen LogP contribution in [0.3, 0.4) is 0 Å². The lowest BCUT2D eigenvalue weighted by molar-refractivity contribution is -0.137. The maximum absolute atomic E-state index is 12.8. The smallest absolute Gasteiger partial charge is 0.338 e. The third kappa shape index (κ3) is 3.77. The number of thioether (sulfide) groups is 1. The summed E-state index contributed by atoms with van der Waals surface area (Å²) in [6.45, 7) is 0. The van der Waals surface area contributed by atoms with E-state index in [1.54, 1.807) is 6.20 Å². The highest BCUT2D eigenvalue weighted by Gasteiger charge is 2.30. The van der Waals surface area contributed by atoms with E-state index in [1.165, 1.54) is 23.9 Å². The van der Waals surface area contributed by atoms with Gasteiger partial charge in [0.1, 0.15) is 5.03 Å². The van der Waals surface area contributed by atoms with Crippen molar-refractivity contribution in [3.63, 3.8) is 0 Å². The van der Waals surface area contributed by atoms with E-state index in [2.05, 4.69) is 20.3 Å². The molecular weight excluding hydrogens is 377 g/mol. The molecule has 2 heterocycles. The molecule has 136 valence electrons. The molecule has 0 aliphatic carbocycles. The van der Waals surface area contributed by atoms with Gasteiger partial charge >= 0.3 is 6.18 Å². The minimum atomic E-state index is -4.43. The van der Waals surface area contributed by atoms with Gasteiger partial charge in [-0.3, -0.25) is 0 Å². The first-order valence-electron chi connectivity index (χ1n) is 7.84. The monoisotopic (exact) mass is 388 g/mol. The largest absolute Gasteiger partial charge is 0.416 e. The van der Waals surface area contributed by atoms with Gasteiger partial charge in [0.25, 0.3) is 0 Å². The van der Waals surface area contributed by atoms with E-state index in [0.717, 1.165) is 22.9 Å². The van der Waals surface area contributed by atoms with E-state index in [0.29, 0.717) is 16.7 Å². The Bertz CT molecular complexity index is 1090. The molecule has 4 aromatic rings. The molecule has 0 atom stereocenters. The van der Waals surface area contributed by atoms with Crippen LogP contribution >= 0.6 is 11.8 Å². The Balaban J connectivity index is 1.53. The fourth-order valence-electron chi connectivity index (χ4n) is 2.50. The standard InChI is InChI=1S/C18H11F3N4OS/c19-18(20,21)13-6-3-5-11(8-13)16-23-15(26-25-16)10-27-17-14-7-2-1-4-12(14)9-22-24-17/h1-9H,10H2. The summed E-state index contributed by atoms with van der Waals surface area (Å²) in [4.78, 5) is 4.18. The normalized spacial score (nSPS) is 11.8. The van der Waals surface area contributed by atoms with Crippen LogP contribution in [0.4, 0.5) is 13.2 Å². The molecule has 9 heteroatoms. The average molecular weight is 388 g/mol. The number of rotatable bonds is 4. The number of nitrogens with zero attached hydrogens (tertiary/aromatic N) is 4. The van der Waals surface area contributed by atoms with Crippen LogP contribution in [-0.2, 0) is 11.9 Å². The molecule has 0 unspecified atom stereocenters. The quantitative estimate of drug-likeness (QED) is 0.459. The molecule has 0 bridgehead atoms. The highest BCUT2D eigenvalue weighted by atomic mass is 32.2. The second kappa shape index (κ2) is 6.99. The number of benzene rings is 2. The molecular formula is C18H11F3N4OS. The van der Waals surface area contributed by atoms with Gasteiger partial charge in [-0.15, -0.1) is 5.10 Å². The van der Waals surface area contributed by atoms with Gasteiger partial charge in [-0.2, -0.15) is 23.3 Å². The maximum atomic E-state index is 12.8. The molecule has 0 spiro atoms. The second-order valence-electron chi connectivity index (χ2n) is 5.62. The van der Waals surface area contributed by atoms with Crippen LogP contribution < -0.4 is 0 Å². The third-order valence-electron chi connectivity index (χ3n) is 3.79. The van der Waals surface area contributed by atoms with Crippen molar-refractivity contribution in [3.8, 4) is 11.4 Å². The molecule has 0 radical (unpaired) electrons. The predicted molar refractivity (Wildman–Crippen MR) is 93.8 cm³/mol. The predicted octanol–water partition coefficient (Wildman–Crippen LogP) is 4.99. The van der Waals surface area contributed by atoms with Crippen LogP contribution in [0.1, 0.15) is 11.5 Å². The summed E-state index contributed by atoms with van der Waals surface area (Å²) in [6, 6.07) is 12.5. The van der Waals surface area contributed by atoms with E-state index >= 15 is 0 Å². The first kappa shape index (κ1) is 17.5. The first-order chi connectivity index (χ1) is 13.0. The summed E-state index contributed by atoms with van der Waals surface area (Å²) < 4.78 is 43.7. The van der Waals surface area contributed by atoms with Crippen LogP contribution in [0.2, 0.25) is 0 Å². The lowest BCUT2D eigenvalue weighted by Gasteiger charge is -2.06. The average Bonchev–Trinajstić information content (AvgIpc) is 3.15. The van der Waals surface area contributed by atoms with Gasteiger partial charge < -0.3 is 4.52 Å². The molecule has 0 amide bonds. The lowest BCUT2D eigenvalue weighted by atomic mass is 10.1. The molecule has 2 aromatic carbocycles. The number of fused-ring (bicyclic) bond motifs is 1. The maximum Gasteiger partial charge on any atom is 0.416 e. The molecule has 0 saturated heterocycles. The van der Waals surface area contributed by atoms with Crippen LogP contribution in [0, 0.1) is 0 Å². The Morgan fingerprint density at radius 1 is 1.04 bits per heavy atom. The summed E-state index contributed by atoms with van der Waals surface area (Å²) in [7, 11) is 0. The van der Waals surface area contributed by atoms with Crippen molar-refractivity contribution in [1.82, 2.24) is 20.3 Å². The van der Waals surface area contributed by atoms with Gasteiger partial charge in [0, 0.05) is 16.3 Å². The topological polar surface area (TPSA) is 64.7 Å². The summed E-state index contributed by atoms with van der Waals surface area (Å²) in [5.41, 5.74) is -0.512. The fraction of sp³-hybridized carbons (Fsp3) is 0.111. The van der Waals surface area contributed by atoms with Crippen molar-refractivity contribution in [3.05, 3.63) is 66.2 Å². The minimum Gasteiger partial charge on any atom is -0.338 e. The molecule has 0 aliphatic heterocycles. The molecule has 0 aliphatic rings. The molecule has 2 aromatic heterocycles. The van der Waals surface area contributed by atoms with E-state index in [1.807, 2.05) is 24.3 Å². The number of hydrogen-bond donors (Lipinski definition) is 0. The summed E-state index contributed by atoms with van der Waals surface area (Å²) in [5.74, 6) is 0.733. The molecule has 0 fully saturated rings. The zero-order chi connectivity index (χ0) is 18.9. The Morgan fingerprint density at radius 2 is 1.89 bits per heavy atom. The van der Waals surface area contributed by atoms with Gasteiger partial charge in [-0.05, 0) is 12.1 Å². The molecule has 0 N–H and O–H groups in total. The van der Waals surface area contributed by atoms with Crippen molar-refractivity contribution < 1.29 is 17.7 Å². The van der Waals surface area contributed by atoms with Gasteiger partial charge in [0.15, 0.2) is 0 Å². The Morgan fingerprint density at radius 3 is 2.74 bits per heavy atom. The van der Waals surface area contributed by atoms with Crippen LogP contribution in [-0.4, -0.2) is 20.3 Å². The van der Waals surface area contributed by atoms with E-state index in [9.17, 15) is 13.2 Å². The van der Waals surface area contributed by atoms with E-state index < -0.39 is 11.7 Å². The summed E-state index contributed by atoms with van der Waals surface area (Å²) in [6.07, 6.45) is -2.75. The van der Waals surface area contributed by atoms with Crippen LogP contribution in [0.25, 0.3) is 22.2 Å². The number of halogens is 3. The second-order valence-corrected chi connectivity index (χ2v) is 6.58. The van der Waals surface area contributed by atoms with Gasteiger partial charge in [-0.1, -0.05) is 53.3 Å². The third-order valence-corrected chi connectivity index (χ3v) is 4.75. The highest BCUT2D eigenvalue weighted by Crippen LogP contribution is 2.32.